The Balaban J connectivity index is 2.08. The van der Waals surface area contributed by atoms with E-state index in [2.05, 4.69) is 35.8 Å². The van der Waals surface area contributed by atoms with Crippen LogP contribution >= 0.6 is 0 Å². The van der Waals surface area contributed by atoms with Crippen molar-refractivity contribution in [2.75, 3.05) is 19.6 Å². The van der Waals surface area contributed by atoms with Gasteiger partial charge < -0.3 is 10.6 Å². The second-order valence-electron chi connectivity index (χ2n) is 5.11. The molecule has 2 nitrogen and oxygen atoms in total. The summed E-state index contributed by atoms with van der Waals surface area (Å²) in [7, 11) is 0. The topological polar surface area (TPSA) is 24.1 Å². The molecular formula is C14H20N2. The Morgan fingerprint density at radius 1 is 1.12 bits per heavy atom. The van der Waals surface area contributed by atoms with Gasteiger partial charge in [0, 0.05) is 12.1 Å². The molecule has 0 atom stereocenters. The van der Waals surface area contributed by atoms with Gasteiger partial charge in [0.05, 0.1) is 0 Å². The molecule has 3 rings (SSSR count). The van der Waals surface area contributed by atoms with E-state index in [1.165, 1.54) is 24.8 Å². The van der Waals surface area contributed by atoms with Gasteiger partial charge in [0.25, 0.3) is 0 Å². The lowest BCUT2D eigenvalue weighted by Gasteiger charge is -2.43. The van der Waals surface area contributed by atoms with Gasteiger partial charge in [-0.25, -0.2) is 0 Å². The van der Waals surface area contributed by atoms with Crippen LogP contribution in [0.5, 0.6) is 0 Å². The van der Waals surface area contributed by atoms with Gasteiger partial charge >= 0.3 is 0 Å². The van der Waals surface area contributed by atoms with Gasteiger partial charge in [-0.15, -0.1) is 0 Å². The summed E-state index contributed by atoms with van der Waals surface area (Å²) in [5, 5.41) is 7.24. The van der Waals surface area contributed by atoms with E-state index in [1.54, 1.807) is 11.1 Å². The SMILES string of the molecule is Cc1cccc2c1CCNC21CCNCC1. The highest BCUT2D eigenvalue weighted by Gasteiger charge is 2.37. The van der Waals surface area contributed by atoms with Crippen LogP contribution in [-0.2, 0) is 12.0 Å². The molecule has 0 amide bonds. The molecular weight excluding hydrogens is 196 g/mol. The van der Waals surface area contributed by atoms with Gasteiger partial charge in [-0.05, 0) is 56.0 Å². The van der Waals surface area contributed by atoms with Crippen LogP contribution in [0.2, 0.25) is 0 Å². The van der Waals surface area contributed by atoms with E-state index in [0.29, 0.717) is 0 Å². The molecule has 1 spiro atoms. The number of piperidine rings is 1. The monoisotopic (exact) mass is 216 g/mol. The minimum Gasteiger partial charge on any atom is -0.317 e. The molecule has 0 aromatic heterocycles. The van der Waals surface area contributed by atoms with Crippen LogP contribution in [0.4, 0.5) is 0 Å². The molecule has 0 aliphatic carbocycles. The summed E-state index contributed by atoms with van der Waals surface area (Å²) in [4.78, 5) is 0. The van der Waals surface area contributed by atoms with Crippen molar-refractivity contribution in [1.29, 1.82) is 0 Å². The first-order valence-electron chi connectivity index (χ1n) is 6.37. The van der Waals surface area contributed by atoms with E-state index < -0.39 is 0 Å². The van der Waals surface area contributed by atoms with Gasteiger partial charge in [0.15, 0.2) is 0 Å². The van der Waals surface area contributed by atoms with Gasteiger partial charge in [-0.3, -0.25) is 0 Å². The fourth-order valence-electron chi connectivity index (χ4n) is 3.30. The van der Waals surface area contributed by atoms with Crippen molar-refractivity contribution >= 4 is 0 Å². The number of benzene rings is 1. The normalized spacial score (nSPS) is 23.1. The summed E-state index contributed by atoms with van der Waals surface area (Å²) >= 11 is 0. The lowest BCUT2D eigenvalue weighted by Crippen LogP contribution is -2.53. The van der Waals surface area contributed by atoms with Crippen LogP contribution in [0.1, 0.15) is 29.5 Å². The molecule has 1 aromatic rings. The summed E-state index contributed by atoms with van der Waals surface area (Å²) < 4.78 is 0. The first-order chi connectivity index (χ1) is 7.82. The van der Waals surface area contributed by atoms with Crippen molar-refractivity contribution in [3.63, 3.8) is 0 Å². The van der Waals surface area contributed by atoms with E-state index in [9.17, 15) is 0 Å². The smallest absolute Gasteiger partial charge is 0.0461 e. The number of fused-ring (bicyclic) bond motifs is 2. The minimum atomic E-state index is 0.269. The molecule has 1 fully saturated rings. The van der Waals surface area contributed by atoms with Crippen LogP contribution in [0.15, 0.2) is 18.2 Å². The Morgan fingerprint density at radius 2 is 1.94 bits per heavy atom. The molecule has 2 aliphatic heterocycles. The van der Waals surface area contributed by atoms with E-state index in [4.69, 9.17) is 0 Å². The van der Waals surface area contributed by atoms with Crippen LogP contribution in [0.25, 0.3) is 0 Å². The van der Waals surface area contributed by atoms with Crippen molar-refractivity contribution in [3.8, 4) is 0 Å². The van der Waals surface area contributed by atoms with Crippen molar-refractivity contribution in [1.82, 2.24) is 10.6 Å². The molecule has 0 radical (unpaired) electrons. The summed E-state index contributed by atoms with van der Waals surface area (Å²) in [6, 6.07) is 6.80. The minimum absolute atomic E-state index is 0.269. The van der Waals surface area contributed by atoms with Crippen molar-refractivity contribution in [2.24, 2.45) is 0 Å². The van der Waals surface area contributed by atoms with Gasteiger partial charge in [0.2, 0.25) is 0 Å². The molecule has 0 bridgehead atoms. The van der Waals surface area contributed by atoms with E-state index in [-0.39, 0.29) is 5.54 Å². The maximum Gasteiger partial charge on any atom is 0.0461 e. The van der Waals surface area contributed by atoms with Gasteiger partial charge in [-0.2, -0.15) is 0 Å². The zero-order chi connectivity index (χ0) is 11.0. The number of hydrogen-bond acceptors (Lipinski definition) is 2. The van der Waals surface area contributed by atoms with Gasteiger partial charge in [0.1, 0.15) is 0 Å². The van der Waals surface area contributed by atoms with Crippen LogP contribution in [0.3, 0.4) is 0 Å². The third kappa shape index (κ3) is 1.48. The average Bonchev–Trinajstić information content (AvgIpc) is 2.32. The second-order valence-corrected chi connectivity index (χ2v) is 5.11. The molecule has 16 heavy (non-hydrogen) atoms. The van der Waals surface area contributed by atoms with Crippen molar-refractivity contribution < 1.29 is 0 Å². The number of rotatable bonds is 0. The van der Waals surface area contributed by atoms with Gasteiger partial charge in [-0.1, -0.05) is 18.2 Å². The number of nitrogens with one attached hydrogen (secondary N) is 2. The molecule has 0 unspecified atom stereocenters. The van der Waals surface area contributed by atoms with Crippen molar-refractivity contribution in [2.45, 2.75) is 31.7 Å². The Morgan fingerprint density at radius 3 is 2.75 bits per heavy atom. The molecule has 2 heterocycles. The van der Waals surface area contributed by atoms with Crippen LogP contribution in [-0.4, -0.2) is 19.6 Å². The van der Waals surface area contributed by atoms with Crippen molar-refractivity contribution in [3.05, 3.63) is 34.9 Å². The summed E-state index contributed by atoms with van der Waals surface area (Å²) in [5.74, 6) is 0. The Hall–Kier alpha value is -0.860. The highest BCUT2D eigenvalue weighted by Crippen LogP contribution is 2.36. The molecule has 1 saturated heterocycles. The van der Waals surface area contributed by atoms with E-state index in [0.717, 1.165) is 19.6 Å². The second kappa shape index (κ2) is 3.86. The highest BCUT2D eigenvalue weighted by atomic mass is 15.0. The zero-order valence-electron chi connectivity index (χ0n) is 9.97. The summed E-state index contributed by atoms with van der Waals surface area (Å²) in [6.45, 7) is 5.66. The number of hydrogen-bond donors (Lipinski definition) is 2. The lowest BCUT2D eigenvalue weighted by molar-refractivity contribution is 0.234. The first-order valence-corrected chi connectivity index (χ1v) is 6.37. The first kappa shape index (κ1) is 10.3. The maximum atomic E-state index is 3.78. The number of aryl methyl sites for hydroxylation is 1. The predicted octanol–water partition coefficient (Wildman–Crippen LogP) is 1.72. The van der Waals surface area contributed by atoms with Crippen LogP contribution in [0, 0.1) is 6.92 Å². The average molecular weight is 216 g/mol. The lowest BCUT2D eigenvalue weighted by atomic mass is 9.75. The standard InChI is InChI=1S/C14H20N2/c1-11-3-2-4-13-12(11)5-8-16-14(13)6-9-15-10-7-14/h2-4,15-16H,5-10H2,1H3. The van der Waals surface area contributed by atoms with E-state index >= 15 is 0 Å². The molecule has 1 aromatic carbocycles. The summed E-state index contributed by atoms with van der Waals surface area (Å²) in [5.41, 5.74) is 4.91. The predicted molar refractivity (Wildman–Crippen MR) is 66.7 cm³/mol. The van der Waals surface area contributed by atoms with Crippen LogP contribution < -0.4 is 10.6 Å². The van der Waals surface area contributed by atoms with E-state index in [1.807, 2.05) is 0 Å². The third-order valence-corrected chi connectivity index (χ3v) is 4.22. The zero-order valence-corrected chi connectivity index (χ0v) is 9.97. The Kier molecular flexibility index (Phi) is 2.49. The fraction of sp³-hybridized carbons (Fsp3) is 0.571. The summed E-state index contributed by atoms with van der Waals surface area (Å²) in [6.07, 6.45) is 3.64. The quantitative estimate of drug-likeness (QED) is 0.690. The fourth-order valence-corrected chi connectivity index (χ4v) is 3.30. The Bertz CT molecular complexity index is 392. The molecule has 2 aliphatic rings. The molecule has 86 valence electrons. The molecule has 2 heteroatoms. The highest BCUT2D eigenvalue weighted by molar-refractivity contribution is 5.41. The third-order valence-electron chi connectivity index (χ3n) is 4.22. The molecule has 0 saturated carbocycles. The largest absolute Gasteiger partial charge is 0.317 e. The molecule has 2 N–H and O–H groups in total. The maximum absolute atomic E-state index is 3.78. The Labute approximate surface area is 97.4 Å².